The molecule has 0 amide bonds. The molecule has 0 saturated carbocycles. The van der Waals surface area contributed by atoms with Gasteiger partial charge >= 0.3 is 0 Å². The van der Waals surface area contributed by atoms with E-state index in [1.807, 2.05) is 24.3 Å². The Balaban J connectivity index is 1.61. The van der Waals surface area contributed by atoms with Crippen LogP contribution in [0.25, 0.3) is 11.3 Å². The molecule has 146 valence electrons. The molecule has 5 nitrogen and oxygen atoms in total. The Bertz CT molecular complexity index is 968. The first kappa shape index (κ1) is 18.4. The third-order valence-electron chi connectivity index (χ3n) is 4.65. The maximum absolute atomic E-state index is 13.9. The van der Waals surface area contributed by atoms with Gasteiger partial charge < -0.3 is 14.2 Å². The summed E-state index contributed by atoms with van der Waals surface area (Å²) >= 11 is 0. The molecule has 1 fully saturated rings. The van der Waals surface area contributed by atoms with Gasteiger partial charge in [0, 0.05) is 29.8 Å². The molecule has 1 aliphatic heterocycles. The third kappa shape index (κ3) is 3.84. The van der Waals surface area contributed by atoms with Gasteiger partial charge in [0.25, 0.3) is 0 Å². The van der Waals surface area contributed by atoms with Gasteiger partial charge in [0.1, 0.15) is 17.6 Å². The van der Waals surface area contributed by atoms with Crippen LogP contribution in [0.5, 0.6) is 11.5 Å². The SMILES string of the molecule is COc1ccc(-c2ccn(Cc3cccc(F)c3F)n2)c(O[C@H]2CCOC2)c1. The van der Waals surface area contributed by atoms with E-state index in [1.54, 1.807) is 24.1 Å². The fraction of sp³-hybridized carbons (Fsp3) is 0.286. The van der Waals surface area contributed by atoms with E-state index >= 15 is 0 Å². The first-order valence-electron chi connectivity index (χ1n) is 9.03. The lowest BCUT2D eigenvalue weighted by Gasteiger charge is -2.16. The highest BCUT2D eigenvalue weighted by Crippen LogP contribution is 2.34. The van der Waals surface area contributed by atoms with Crippen LogP contribution in [0.3, 0.4) is 0 Å². The topological polar surface area (TPSA) is 45.5 Å². The highest BCUT2D eigenvalue weighted by molar-refractivity contribution is 5.68. The Labute approximate surface area is 161 Å². The van der Waals surface area contributed by atoms with Crippen molar-refractivity contribution in [2.45, 2.75) is 19.1 Å². The van der Waals surface area contributed by atoms with E-state index in [2.05, 4.69) is 5.10 Å². The number of nitrogens with zero attached hydrogens (tertiary/aromatic N) is 2. The quantitative estimate of drug-likeness (QED) is 0.641. The molecule has 2 heterocycles. The number of halogens is 2. The van der Waals surface area contributed by atoms with Gasteiger partial charge in [-0.15, -0.1) is 0 Å². The fourth-order valence-corrected chi connectivity index (χ4v) is 3.16. The Morgan fingerprint density at radius 2 is 2.11 bits per heavy atom. The zero-order valence-corrected chi connectivity index (χ0v) is 15.4. The molecular weight excluding hydrogens is 366 g/mol. The van der Waals surface area contributed by atoms with Crippen molar-refractivity contribution >= 4 is 0 Å². The fourth-order valence-electron chi connectivity index (χ4n) is 3.16. The summed E-state index contributed by atoms with van der Waals surface area (Å²) in [6.07, 6.45) is 2.53. The average Bonchev–Trinajstić information content (AvgIpc) is 3.37. The lowest BCUT2D eigenvalue weighted by atomic mass is 10.1. The minimum Gasteiger partial charge on any atom is -0.497 e. The summed E-state index contributed by atoms with van der Waals surface area (Å²) in [6.45, 7) is 1.36. The van der Waals surface area contributed by atoms with Crippen LogP contribution in [-0.2, 0) is 11.3 Å². The first-order valence-corrected chi connectivity index (χ1v) is 9.03. The van der Waals surface area contributed by atoms with Crippen LogP contribution in [0.15, 0.2) is 48.7 Å². The van der Waals surface area contributed by atoms with Crippen molar-refractivity contribution in [2.24, 2.45) is 0 Å². The Morgan fingerprint density at radius 3 is 2.89 bits per heavy atom. The van der Waals surface area contributed by atoms with E-state index in [0.717, 1.165) is 18.1 Å². The lowest BCUT2D eigenvalue weighted by Crippen LogP contribution is -2.16. The molecule has 0 unspecified atom stereocenters. The molecule has 7 heteroatoms. The Morgan fingerprint density at radius 1 is 1.21 bits per heavy atom. The second-order valence-electron chi connectivity index (χ2n) is 6.58. The molecule has 1 aliphatic rings. The van der Waals surface area contributed by atoms with Crippen molar-refractivity contribution < 1.29 is 23.0 Å². The van der Waals surface area contributed by atoms with Gasteiger partial charge in [-0.1, -0.05) is 12.1 Å². The number of ether oxygens (including phenoxy) is 3. The van der Waals surface area contributed by atoms with Crippen LogP contribution in [0.1, 0.15) is 12.0 Å². The number of hydrogen-bond acceptors (Lipinski definition) is 4. The molecular formula is C21H20F2N2O3. The monoisotopic (exact) mass is 386 g/mol. The van der Waals surface area contributed by atoms with Crippen LogP contribution in [0.4, 0.5) is 8.78 Å². The summed E-state index contributed by atoms with van der Waals surface area (Å²) in [6, 6.07) is 11.5. The van der Waals surface area contributed by atoms with Crippen molar-refractivity contribution in [3.8, 4) is 22.8 Å². The van der Waals surface area contributed by atoms with E-state index in [0.29, 0.717) is 30.4 Å². The van der Waals surface area contributed by atoms with Crippen LogP contribution in [-0.4, -0.2) is 36.2 Å². The van der Waals surface area contributed by atoms with Gasteiger partial charge in [-0.3, -0.25) is 4.68 Å². The molecule has 1 aromatic heterocycles. The van der Waals surface area contributed by atoms with Crippen molar-refractivity contribution in [3.63, 3.8) is 0 Å². The minimum absolute atomic E-state index is 0.0191. The summed E-state index contributed by atoms with van der Waals surface area (Å²) in [4.78, 5) is 0. The highest BCUT2D eigenvalue weighted by Gasteiger charge is 2.20. The predicted molar refractivity (Wildman–Crippen MR) is 99.5 cm³/mol. The van der Waals surface area contributed by atoms with Gasteiger partial charge in [0.15, 0.2) is 11.6 Å². The van der Waals surface area contributed by atoms with E-state index in [1.165, 1.54) is 6.07 Å². The van der Waals surface area contributed by atoms with E-state index < -0.39 is 11.6 Å². The Kier molecular flexibility index (Phi) is 5.25. The molecule has 1 atom stereocenters. The summed E-state index contributed by atoms with van der Waals surface area (Å²) in [5.41, 5.74) is 1.71. The summed E-state index contributed by atoms with van der Waals surface area (Å²) in [5.74, 6) is -0.389. The maximum Gasteiger partial charge on any atom is 0.163 e. The number of methoxy groups -OCH3 is 1. The molecule has 4 rings (SSSR count). The molecule has 0 bridgehead atoms. The minimum atomic E-state index is -0.866. The maximum atomic E-state index is 13.9. The van der Waals surface area contributed by atoms with Crippen molar-refractivity contribution in [1.82, 2.24) is 9.78 Å². The number of benzene rings is 2. The zero-order chi connectivity index (χ0) is 19.5. The van der Waals surface area contributed by atoms with Gasteiger partial charge in [0.05, 0.1) is 32.6 Å². The third-order valence-corrected chi connectivity index (χ3v) is 4.65. The van der Waals surface area contributed by atoms with E-state index in [4.69, 9.17) is 14.2 Å². The summed E-state index contributed by atoms with van der Waals surface area (Å²) < 4.78 is 45.7. The molecule has 0 aliphatic carbocycles. The zero-order valence-electron chi connectivity index (χ0n) is 15.4. The smallest absolute Gasteiger partial charge is 0.163 e. The highest BCUT2D eigenvalue weighted by atomic mass is 19.2. The molecule has 0 N–H and O–H groups in total. The number of aromatic nitrogens is 2. The van der Waals surface area contributed by atoms with E-state index in [-0.39, 0.29) is 18.2 Å². The molecule has 28 heavy (non-hydrogen) atoms. The van der Waals surface area contributed by atoms with Crippen LogP contribution in [0, 0.1) is 11.6 Å². The molecule has 0 spiro atoms. The van der Waals surface area contributed by atoms with Crippen molar-refractivity contribution in [1.29, 1.82) is 0 Å². The van der Waals surface area contributed by atoms with Gasteiger partial charge in [0.2, 0.25) is 0 Å². The Hall–Kier alpha value is -2.93. The summed E-state index contributed by atoms with van der Waals surface area (Å²) in [7, 11) is 1.60. The standard InChI is InChI=1S/C21H20F2N2O3/c1-26-15-5-6-17(20(11-15)28-16-8-10-27-13-16)19-7-9-25(24-19)12-14-3-2-4-18(22)21(14)23/h2-7,9,11,16H,8,10,12-13H2,1H3/t16-/m0/s1. The average molecular weight is 386 g/mol. The van der Waals surface area contributed by atoms with Crippen LogP contribution < -0.4 is 9.47 Å². The molecule has 0 radical (unpaired) electrons. The van der Waals surface area contributed by atoms with E-state index in [9.17, 15) is 8.78 Å². The van der Waals surface area contributed by atoms with Gasteiger partial charge in [-0.2, -0.15) is 5.10 Å². The lowest BCUT2D eigenvalue weighted by molar-refractivity contribution is 0.141. The normalized spacial score (nSPS) is 16.3. The van der Waals surface area contributed by atoms with Crippen molar-refractivity contribution in [3.05, 3.63) is 65.9 Å². The van der Waals surface area contributed by atoms with Crippen LogP contribution in [0.2, 0.25) is 0 Å². The second-order valence-corrected chi connectivity index (χ2v) is 6.58. The molecule has 1 saturated heterocycles. The molecule has 2 aromatic carbocycles. The largest absolute Gasteiger partial charge is 0.497 e. The number of hydrogen-bond donors (Lipinski definition) is 0. The number of rotatable bonds is 6. The van der Waals surface area contributed by atoms with Gasteiger partial charge in [-0.25, -0.2) is 8.78 Å². The van der Waals surface area contributed by atoms with Gasteiger partial charge in [-0.05, 0) is 24.3 Å². The predicted octanol–water partition coefficient (Wildman–Crippen LogP) is 4.05. The molecule has 3 aromatic rings. The summed E-state index contributed by atoms with van der Waals surface area (Å²) in [5, 5.41) is 4.51. The van der Waals surface area contributed by atoms with Crippen molar-refractivity contribution in [2.75, 3.05) is 20.3 Å². The second kappa shape index (κ2) is 7.98. The first-order chi connectivity index (χ1) is 13.6. The van der Waals surface area contributed by atoms with Crippen LogP contribution >= 0.6 is 0 Å².